The van der Waals surface area contributed by atoms with Crippen molar-refractivity contribution in [3.05, 3.63) is 83.4 Å². The summed E-state index contributed by atoms with van der Waals surface area (Å²) in [7, 11) is 1.38. The zero-order chi connectivity index (χ0) is 17.9. The lowest BCUT2D eigenvalue weighted by molar-refractivity contribution is 0.0547. The van der Waals surface area contributed by atoms with E-state index in [4.69, 9.17) is 4.74 Å². The maximum atomic E-state index is 11.4. The molecule has 2 aromatic carbocycles. The molecule has 126 valence electrons. The minimum atomic E-state index is -0.294. The maximum Gasteiger partial charge on any atom is 0.338 e. The van der Waals surface area contributed by atoms with E-state index in [0.29, 0.717) is 11.1 Å². The lowest BCUT2D eigenvalue weighted by Crippen LogP contribution is -2.06. The summed E-state index contributed by atoms with van der Waals surface area (Å²) in [5.41, 5.74) is 3.12. The number of aryl methyl sites for hydroxylation is 2. The Hall–Kier alpha value is -2.88. The van der Waals surface area contributed by atoms with Gasteiger partial charge in [0.05, 0.1) is 18.2 Å². The summed E-state index contributed by atoms with van der Waals surface area (Å²) >= 11 is 0. The molecule has 0 aliphatic carbocycles. The van der Waals surface area contributed by atoms with Crippen molar-refractivity contribution in [3.63, 3.8) is 0 Å². The van der Waals surface area contributed by atoms with Crippen LogP contribution in [0.2, 0.25) is 0 Å². The molecule has 0 saturated heterocycles. The largest absolute Gasteiger partial charge is 0.465 e. The van der Waals surface area contributed by atoms with Gasteiger partial charge in [-0.3, -0.25) is 0 Å². The summed E-state index contributed by atoms with van der Waals surface area (Å²) in [4.78, 5) is 22.4. The number of carbonyl (C=O) groups excluding carboxylic acids is 2. The van der Waals surface area contributed by atoms with Gasteiger partial charge >= 0.3 is 11.9 Å². The van der Waals surface area contributed by atoms with E-state index >= 15 is 0 Å². The van der Waals surface area contributed by atoms with Crippen LogP contribution in [-0.4, -0.2) is 25.7 Å². The molecule has 0 fully saturated rings. The maximum absolute atomic E-state index is 11.4. The lowest BCUT2D eigenvalue weighted by atomic mass is 10.1. The molecule has 0 radical (unpaired) electrons. The summed E-state index contributed by atoms with van der Waals surface area (Å²) in [6.07, 6.45) is 1.55. The van der Waals surface area contributed by atoms with Gasteiger partial charge in [0.1, 0.15) is 6.61 Å². The Kier molecular flexibility index (Phi) is 7.99. The monoisotopic (exact) mass is 326 g/mol. The van der Waals surface area contributed by atoms with E-state index in [0.717, 1.165) is 11.1 Å². The van der Waals surface area contributed by atoms with E-state index < -0.39 is 0 Å². The second-order valence-electron chi connectivity index (χ2n) is 5.01. The van der Waals surface area contributed by atoms with Crippen molar-refractivity contribution in [2.24, 2.45) is 0 Å². The Bertz CT molecular complexity index is 704. The summed E-state index contributed by atoms with van der Waals surface area (Å²) in [6, 6.07) is 14.7. The zero-order valence-corrected chi connectivity index (χ0v) is 14.2. The third-order valence-electron chi connectivity index (χ3n) is 3.25. The van der Waals surface area contributed by atoms with Crippen LogP contribution in [0.15, 0.2) is 61.2 Å². The van der Waals surface area contributed by atoms with Gasteiger partial charge in [-0.25, -0.2) is 9.59 Å². The van der Waals surface area contributed by atoms with Crippen LogP contribution in [0.1, 0.15) is 31.8 Å². The van der Waals surface area contributed by atoms with Crippen LogP contribution in [-0.2, 0) is 9.47 Å². The van der Waals surface area contributed by atoms with Crippen LogP contribution in [0.25, 0.3) is 0 Å². The molecule has 0 aliphatic heterocycles. The van der Waals surface area contributed by atoms with Gasteiger partial charge in [-0.2, -0.15) is 0 Å². The first-order valence-electron chi connectivity index (χ1n) is 7.48. The van der Waals surface area contributed by atoms with Crippen LogP contribution in [0.4, 0.5) is 0 Å². The Morgan fingerprint density at radius 1 is 0.917 bits per heavy atom. The molecule has 0 spiro atoms. The Morgan fingerprint density at radius 2 is 1.38 bits per heavy atom. The molecule has 2 aromatic rings. The van der Waals surface area contributed by atoms with Crippen molar-refractivity contribution in [2.75, 3.05) is 13.7 Å². The molecule has 0 aromatic heterocycles. The molecule has 0 aliphatic rings. The number of hydrogen-bond donors (Lipinski definition) is 0. The number of esters is 2. The van der Waals surface area contributed by atoms with Crippen molar-refractivity contribution >= 4 is 11.9 Å². The topological polar surface area (TPSA) is 52.6 Å². The van der Waals surface area contributed by atoms with Crippen LogP contribution < -0.4 is 0 Å². The minimum Gasteiger partial charge on any atom is -0.465 e. The SMILES string of the molecule is C=CCOC(=O)c1ccccc1C.COC(=O)c1ccccc1C. The fourth-order valence-electron chi connectivity index (χ4n) is 1.93. The van der Waals surface area contributed by atoms with Crippen molar-refractivity contribution in [1.82, 2.24) is 0 Å². The molecule has 0 heterocycles. The highest BCUT2D eigenvalue weighted by atomic mass is 16.5. The third kappa shape index (κ3) is 5.72. The molecule has 0 unspecified atom stereocenters. The molecular weight excluding hydrogens is 304 g/mol. The summed E-state index contributed by atoms with van der Waals surface area (Å²) < 4.78 is 9.48. The smallest absolute Gasteiger partial charge is 0.338 e. The summed E-state index contributed by atoms with van der Waals surface area (Å²) in [5.74, 6) is -0.568. The Balaban J connectivity index is 0.000000243. The number of benzene rings is 2. The lowest BCUT2D eigenvalue weighted by Gasteiger charge is -2.03. The Morgan fingerprint density at radius 3 is 1.79 bits per heavy atom. The molecule has 4 nitrogen and oxygen atoms in total. The van der Waals surface area contributed by atoms with Crippen LogP contribution >= 0.6 is 0 Å². The summed E-state index contributed by atoms with van der Waals surface area (Å²) in [6.45, 7) is 7.49. The second-order valence-corrected chi connectivity index (χ2v) is 5.01. The minimum absolute atomic E-state index is 0.257. The highest BCUT2D eigenvalue weighted by molar-refractivity contribution is 5.91. The number of methoxy groups -OCH3 is 1. The molecule has 0 saturated carbocycles. The van der Waals surface area contributed by atoms with E-state index in [2.05, 4.69) is 11.3 Å². The van der Waals surface area contributed by atoms with Crippen molar-refractivity contribution in [3.8, 4) is 0 Å². The molecule has 0 N–H and O–H groups in total. The average molecular weight is 326 g/mol. The normalized spacial score (nSPS) is 9.29. The number of hydrogen-bond acceptors (Lipinski definition) is 4. The van der Waals surface area contributed by atoms with E-state index in [-0.39, 0.29) is 18.5 Å². The van der Waals surface area contributed by atoms with Gasteiger partial charge in [0.2, 0.25) is 0 Å². The number of carbonyl (C=O) groups is 2. The van der Waals surface area contributed by atoms with Crippen LogP contribution in [0.3, 0.4) is 0 Å². The molecule has 24 heavy (non-hydrogen) atoms. The second kappa shape index (κ2) is 10.0. The van der Waals surface area contributed by atoms with Gasteiger partial charge in [0.15, 0.2) is 0 Å². The highest BCUT2D eigenvalue weighted by Crippen LogP contribution is 2.08. The highest BCUT2D eigenvalue weighted by Gasteiger charge is 2.08. The molecule has 0 amide bonds. The van der Waals surface area contributed by atoms with Gasteiger partial charge < -0.3 is 9.47 Å². The van der Waals surface area contributed by atoms with Crippen molar-refractivity contribution in [2.45, 2.75) is 13.8 Å². The van der Waals surface area contributed by atoms with Gasteiger partial charge in [0, 0.05) is 0 Å². The number of ether oxygens (including phenoxy) is 2. The van der Waals surface area contributed by atoms with Gasteiger partial charge in [0.25, 0.3) is 0 Å². The standard InChI is InChI=1S/C11H12O2.C9H10O2/c1-3-8-13-11(12)10-7-5-4-6-9(10)2;1-7-5-3-4-6-8(7)9(10)11-2/h3-7H,1,8H2,2H3;3-6H,1-2H3. The molecular formula is C20H22O4. The van der Waals surface area contributed by atoms with E-state index in [1.165, 1.54) is 7.11 Å². The van der Waals surface area contributed by atoms with Crippen molar-refractivity contribution in [1.29, 1.82) is 0 Å². The van der Waals surface area contributed by atoms with Gasteiger partial charge in [-0.1, -0.05) is 49.1 Å². The van der Waals surface area contributed by atoms with Gasteiger partial charge in [-0.05, 0) is 37.1 Å². The third-order valence-corrected chi connectivity index (χ3v) is 3.25. The van der Waals surface area contributed by atoms with Crippen LogP contribution in [0.5, 0.6) is 0 Å². The molecule has 2 rings (SSSR count). The molecule has 0 bridgehead atoms. The average Bonchev–Trinajstić information content (AvgIpc) is 2.60. The first kappa shape index (κ1) is 19.2. The molecule has 4 heteroatoms. The molecule has 0 atom stereocenters. The van der Waals surface area contributed by atoms with Crippen molar-refractivity contribution < 1.29 is 19.1 Å². The van der Waals surface area contributed by atoms with E-state index in [1.807, 2.05) is 50.2 Å². The van der Waals surface area contributed by atoms with E-state index in [1.54, 1.807) is 18.2 Å². The first-order chi connectivity index (χ1) is 11.5. The predicted molar refractivity (Wildman–Crippen MR) is 94.2 cm³/mol. The van der Waals surface area contributed by atoms with Crippen LogP contribution in [0, 0.1) is 13.8 Å². The first-order valence-corrected chi connectivity index (χ1v) is 7.48. The fraction of sp³-hybridized carbons (Fsp3) is 0.200. The quantitative estimate of drug-likeness (QED) is 0.626. The van der Waals surface area contributed by atoms with E-state index in [9.17, 15) is 9.59 Å². The Labute approximate surface area is 142 Å². The zero-order valence-electron chi connectivity index (χ0n) is 14.2. The van der Waals surface area contributed by atoms with Gasteiger partial charge in [-0.15, -0.1) is 0 Å². The summed E-state index contributed by atoms with van der Waals surface area (Å²) in [5, 5.41) is 0. The predicted octanol–water partition coefficient (Wildman–Crippen LogP) is 4.12. The fourth-order valence-corrected chi connectivity index (χ4v) is 1.93. The number of rotatable bonds is 4.